The van der Waals surface area contributed by atoms with Gasteiger partial charge in [-0.1, -0.05) is 25.1 Å². The Morgan fingerprint density at radius 3 is 2.78 bits per heavy atom. The summed E-state index contributed by atoms with van der Waals surface area (Å²) in [5, 5.41) is 11.9. The van der Waals surface area contributed by atoms with Gasteiger partial charge in [-0.2, -0.15) is 0 Å². The van der Waals surface area contributed by atoms with Crippen LogP contribution in [0.1, 0.15) is 37.7 Å². The summed E-state index contributed by atoms with van der Waals surface area (Å²) in [6.07, 6.45) is 1.54. The number of carbonyl (C=O) groups excluding carboxylic acids is 1. The molecule has 1 aromatic rings. The van der Waals surface area contributed by atoms with Crippen molar-refractivity contribution in [3.8, 4) is 0 Å². The summed E-state index contributed by atoms with van der Waals surface area (Å²) in [4.78, 5) is 23.6. The second-order valence-corrected chi connectivity index (χ2v) is 5.99. The largest absolute Gasteiger partial charge is 0.480 e. The number of carboxylic acid groups (broad SMARTS) is 1. The minimum Gasteiger partial charge on any atom is -0.480 e. The lowest BCUT2D eigenvalue weighted by atomic mass is 9.92. The number of aliphatic carboxylic acids is 1. The number of carboxylic acids is 1. The third-order valence-corrected chi connectivity index (χ3v) is 4.18. The number of hydrogen-bond donors (Lipinski definition) is 2. The molecule has 0 aliphatic carbocycles. The van der Waals surface area contributed by atoms with Crippen molar-refractivity contribution in [3.63, 3.8) is 0 Å². The minimum absolute atomic E-state index is 0.0400. The molecule has 0 aromatic heterocycles. The fraction of sp³-hybridized carbons (Fsp3) is 0.529. The van der Waals surface area contributed by atoms with Crippen LogP contribution in [-0.2, 0) is 14.3 Å². The molecule has 2 rings (SSSR count). The molecule has 1 aliphatic rings. The van der Waals surface area contributed by atoms with Crippen molar-refractivity contribution < 1.29 is 23.8 Å². The molecular weight excluding hydrogens is 301 g/mol. The highest BCUT2D eigenvalue weighted by Gasteiger charge is 2.31. The van der Waals surface area contributed by atoms with E-state index in [1.54, 1.807) is 25.1 Å². The molecule has 1 aromatic carbocycles. The zero-order valence-corrected chi connectivity index (χ0v) is 13.1. The number of hydrogen-bond acceptors (Lipinski definition) is 3. The Hall–Kier alpha value is -1.95. The van der Waals surface area contributed by atoms with Gasteiger partial charge in [0.15, 0.2) is 0 Å². The van der Waals surface area contributed by atoms with Gasteiger partial charge in [0, 0.05) is 18.9 Å². The van der Waals surface area contributed by atoms with Crippen LogP contribution in [-0.4, -0.2) is 36.2 Å². The van der Waals surface area contributed by atoms with Gasteiger partial charge in [-0.25, -0.2) is 9.18 Å². The SMILES string of the molecule is CC(CC(=O)NC(C(=O)O)C1CCCOC1)c1ccccc1F. The monoisotopic (exact) mass is 323 g/mol. The van der Waals surface area contributed by atoms with Crippen LogP contribution >= 0.6 is 0 Å². The lowest BCUT2D eigenvalue weighted by molar-refractivity contribution is -0.145. The lowest BCUT2D eigenvalue weighted by Gasteiger charge is -2.28. The van der Waals surface area contributed by atoms with Gasteiger partial charge in [0.2, 0.25) is 5.91 Å². The van der Waals surface area contributed by atoms with E-state index in [9.17, 15) is 19.1 Å². The van der Waals surface area contributed by atoms with Gasteiger partial charge < -0.3 is 15.2 Å². The number of ether oxygens (including phenoxy) is 1. The highest BCUT2D eigenvalue weighted by Crippen LogP contribution is 2.23. The van der Waals surface area contributed by atoms with Gasteiger partial charge >= 0.3 is 5.97 Å². The van der Waals surface area contributed by atoms with Gasteiger partial charge in [-0.15, -0.1) is 0 Å². The van der Waals surface area contributed by atoms with E-state index in [0.29, 0.717) is 25.2 Å². The maximum Gasteiger partial charge on any atom is 0.326 e. The highest BCUT2D eigenvalue weighted by molar-refractivity contribution is 5.84. The van der Waals surface area contributed by atoms with Gasteiger partial charge in [-0.3, -0.25) is 4.79 Å². The van der Waals surface area contributed by atoms with Crippen molar-refractivity contribution in [3.05, 3.63) is 35.6 Å². The molecule has 5 nitrogen and oxygen atoms in total. The van der Waals surface area contributed by atoms with Crippen LogP contribution in [0.25, 0.3) is 0 Å². The number of amides is 1. The second-order valence-electron chi connectivity index (χ2n) is 5.99. The van der Waals surface area contributed by atoms with E-state index < -0.39 is 17.9 Å². The third-order valence-electron chi connectivity index (χ3n) is 4.18. The topological polar surface area (TPSA) is 75.6 Å². The highest BCUT2D eigenvalue weighted by atomic mass is 19.1. The maximum atomic E-state index is 13.7. The normalized spacial score (nSPS) is 20.5. The average Bonchev–Trinajstić information content (AvgIpc) is 2.53. The Balaban J connectivity index is 1.96. The molecule has 1 fully saturated rings. The summed E-state index contributed by atoms with van der Waals surface area (Å²) in [6, 6.07) is 5.33. The molecule has 0 spiro atoms. The molecule has 1 aliphatic heterocycles. The molecule has 1 amide bonds. The predicted octanol–water partition coefficient (Wildman–Crippen LogP) is 2.32. The summed E-state index contributed by atoms with van der Waals surface area (Å²) >= 11 is 0. The first-order valence-electron chi connectivity index (χ1n) is 7.83. The summed E-state index contributed by atoms with van der Waals surface area (Å²) in [5.41, 5.74) is 0.454. The molecule has 23 heavy (non-hydrogen) atoms. The smallest absolute Gasteiger partial charge is 0.326 e. The van der Waals surface area contributed by atoms with E-state index in [-0.39, 0.29) is 24.1 Å². The summed E-state index contributed by atoms with van der Waals surface area (Å²) in [6.45, 7) is 2.71. The standard InChI is InChI=1S/C17H22FNO4/c1-11(13-6-2-3-7-14(13)18)9-15(20)19-16(17(21)22)12-5-4-8-23-10-12/h2-3,6-7,11-12,16H,4-5,8-10H2,1H3,(H,19,20)(H,21,22). The van der Waals surface area contributed by atoms with E-state index in [1.165, 1.54) is 6.07 Å². The van der Waals surface area contributed by atoms with Crippen molar-refractivity contribution in [2.75, 3.05) is 13.2 Å². The molecule has 1 saturated heterocycles. The number of halogens is 1. The Bertz CT molecular complexity index is 557. The van der Waals surface area contributed by atoms with Crippen LogP contribution < -0.4 is 5.32 Å². The Morgan fingerprint density at radius 2 is 2.17 bits per heavy atom. The van der Waals surface area contributed by atoms with Crippen LogP contribution in [0, 0.1) is 11.7 Å². The molecule has 6 heteroatoms. The molecule has 0 saturated carbocycles. The molecule has 3 unspecified atom stereocenters. The molecule has 126 valence electrons. The third kappa shape index (κ3) is 4.76. The van der Waals surface area contributed by atoms with Crippen molar-refractivity contribution in [2.24, 2.45) is 5.92 Å². The van der Waals surface area contributed by atoms with Crippen molar-refractivity contribution >= 4 is 11.9 Å². The molecular formula is C17H22FNO4. The first-order valence-corrected chi connectivity index (χ1v) is 7.83. The first kappa shape index (κ1) is 17.4. The second kappa shape index (κ2) is 8.06. The number of benzene rings is 1. The molecule has 3 atom stereocenters. The van der Waals surface area contributed by atoms with Crippen molar-refractivity contribution in [2.45, 2.75) is 38.1 Å². The van der Waals surface area contributed by atoms with E-state index >= 15 is 0 Å². The van der Waals surface area contributed by atoms with Crippen LogP contribution in [0.4, 0.5) is 4.39 Å². The van der Waals surface area contributed by atoms with Gasteiger partial charge in [-0.05, 0) is 30.4 Å². The first-order chi connectivity index (χ1) is 11.0. The van der Waals surface area contributed by atoms with Crippen LogP contribution in [0.15, 0.2) is 24.3 Å². The summed E-state index contributed by atoms with van der Waals surface area (Å²) in [7, 11) is 0. The van der Waals surface area contributed by atoms with Crippen molar-refractivity contribution in [1.29, 1.82) is 0 Å². The van der Waals surface area contributed by atoms with Crippen LogP contribution in [0.5, 0.6) is 0 Å². The quantitative estimate of drug-likeness (QED) is 0.842. The molecule has 0 radical (unpaired) electrons. The van der Waals surface area contributed by atoms with E-state index in [2.05, 4.69) is 5.32 Å². The molecule has 0 bridgehead atoms. The summed E-state index contributed by atoms with van der Waals surface area (Å²) < 4.78 is 19.0. The number of nitrogens with one attached hydrogen (secondary N) is 1. The lowest BCUT2D eigenvalue weighted by Crippen LogP contribution is -2.48. The zero-order valence-electron chi connectivity index (χ0n) is 13.1. The molecule has 2 N–H and O–H groups in total. The van der Waals surface area contributed by atoms with Gasteiger partial charge in [0.25, 0.3) is 0 Å². The Kier molecular flexibility index (Phi) is 6.10. The van der Waals surface area contributed by atoms with E-state index in [0.717, 1.165) is 6.42 Å². The Labute approximate surface area is 134 Å². The predicted molar refractivity (Wildman–Crippen MR) is 82.5 cm³/mol. The van der Waals surface area contributed by atoms with Crippen LogP contribution in [0.3, 0.4) is 0 Å². The minimum atomic E-state index is -1.06. The van der Waals surface area contributed by atoms with Crippen LogP contribution in [0.2, 0.25) is 0 Å². The number of rotatable bonds is 6. The fourth-order valence-corrected chi connectivity index (χ4v) is 2.90. The van der Waals surface area contributed by atoms with E-state index in [4.69, 9.17) is 4.74 Å². The average molecular weight is 323 g/mol. The van der Waals surface area contributed by atoms with Gasteiger partial charge in [0.05, 0.1) is 6.61 Å². The van der Waals surface area contributed by atoms with Gasteiger partial charge in [0.1, 0.15) is 11.9 Å². The summed E-state index contributed by atoms with van der Waals surface area (Å²) in [5.74, 6) is -2.36. The number of carbonyl (C=O) groups is 2. The van der Waals surface area contributed by atoms with E-state index in [1.807, 2.05) is 0 Å². The fourth-order valence-electron chi connectivity index (χ4n) is 2.90. The zero-order chi connectivity index (χ0) is 16.8. The maximum absolute atomic E-state index is 13.7. The van der Waals surface area contributed by atoms with Crippen molar-refractivity contribution in [1.82, 2.24) is 5.32 Å². The Morgan fingerprint density at radius 1 is 1.43 bits per heavy atom. The molecule has 1 heterocycles.